The smallest absolute Gasteiger partial charge is 0.418 e. The van der Waals surface area contributed by atoms with Crippen molar-refractivity contribution in [1.82, 2.24) is 4.57 Å². The first-order chi connectivity index (χ1) is 7.76. The summed E-state index contributed by atoms with van der Waals surface area (Å²) in [6, 6.07) is 1.53. The number of rotatable bonds is 1. The molecule has 17 heavy (non-hydrogen) atoms. The minimum atomic E-state index is -0.570. The molecule has 0 amide bonds. The van der Waals surface area contributed by atoms with E-state index >= 15 is 0 Å². The summed E-state index contributed by atoms with van der Waals surface area (Å²) in [5.74, 6) is -0.468. The van der Waals surface area contributed by atoms with Crippen molar-refractivity contribution in [1.29, 1.82) is 0 Å². The van der Waals surface area contributed by atoms with Gasteiger partial charge in [-0.2, -0.15) is 0 Å². The van der Waals surface area contributed by atoms with Gasteiger partial charge >= 0.3 is 12.1 Å². The second kappa shape index (κ2) is 4.61. The van der Waals surface area contributed by atoms with Gasteiger partial charge in [0.15, 0.2) is 0 Å². The Morgan fingerprint density at radius 3 is 2.35 bits per heavy atom. The highest BCUT2D eigenvalue weighted by atomic mass is 16.6. The molecule has 0 N–H and O–H groups in total. The van der Waals surface area contributed by atoms with Crippen molar-refractivity contribution in [3.05, 3.63) is 23.5 Å². The molecule has 5 nitrogen and oxygen atoms in total. The maximum Gasteiger partial charge on any atom is 0.418 e. The van der Waals surface area contributed by atoms with Gasteiger partial charge in [0, 0.05) is 11.9 Å². The quantitative estimate of drug-likeness (QED) is 0.706. The zero-order valence-electron chi connectivity index (χ0n) is 10.7. The molecule has 0 unspecified atom stereocenters. The number of hydrogen-bond donors (Lipinski definition) is 0. The van der Waals surface area contributed by atoms with Crippen LogP contribution in [-0.4, -0.2) is 29.3 Å². The average Bonchev–Trinajstić information content (AvgIpc) is 2.56. The van der Waals surface area contributed by atoms with Crippen LogP contribution in [0, 0.1) is 6.92 Å². The van der Waals surface area contributed by atoms with Crippen molar-refractivity contribution >= 4 is 12.1 Å². The van der Waals surface area contributed by atoms with Gasteiger partial charge < -0.3 is 9.47 Å². The molecule has 0 aliphatic heterocycles. The Hall–Kier alpha value is -1.78. The van der Waals surface area contributed by atoms with Crippen LogP contribution in [0.1, 0.15) is 36.8 Å². The molecule has 0 bridgehead atoms. The molecule has 0 saturated heterocycles. The van der Waals surface area contributed by atoms with E-state index in [1.165, 1.54) is 23.9 Å². The first-order valence-electron chi connectivity index (χ1n) is 5.26. The topological polar surface area (TPSA) is 57.5 Å². The van der Waals surface area contributed by atoms with E-state index in [1.54, 1.807) is 27.7 Å². The van der Waals surface area contributed by atoms with Crippen molar-refractivity contribution in [2.45, 2.75) is 33.3 Å². The van der Waals surface area contributed by atoms with Crippen molar-refractivity contribution in [2.24, 2.45) is 0 Å². The summed E-state index contributed by atoms with van der Waals surface area (Å²) in [5, 5.41) is 0. The number of hydrogen-bond acceptors (Lipinski definition) is 4. The van der Waals surface area contributed by atoms with Crippen molar-refractivity contribution in [2.75, 3.05) is 7.11 Å². The molecule has 1 rings (SSSR count). The predicted molar refractivity (Wildman–Crippen MR) is 62.1 cm³/mol. The molecule has 0 aliphatic carbocycles. The minimum absolute atomic E-state index is 0.360. The van der Waals surface area contributed by atoms with Crippen molar-refractivity contribution < 1.29 is 19.1 Å². The van der Waals surface area contributed by atoms with Crippen LogP contribution in [0.15, 0.2) is 12.3 Å². The summed E-state index contributed by atoms with van der Waals surface area (Å²) in [6.45, 7) is 7.01. The van der Waals surface area contributed by atoms with Gasteiger partial charge in [-0.25, -0.2) is 9.59 Å². The number of esters is 1. The molecule has 0 fully saturated rings. The SMILES string of the molecule is COC(=O)c1ccn(C(=O)OC(C)(C)C)c1C. The Bertz CT molecular complexity index is 440. The standard InChI is InChI=1S/C12H17NO4/c1-8-9(10(14)16-5)6-7-13(8)11(15)17-12(2,3)4/h6-7H,1-5H3. The van der Waals surface area contributed by atoms with E-state index in [2.05, 4.69) is 4.74 Å². The number of methoxy groups -OCH3 is 1. The van der Waals surface area contributed by atoms with E-state index in [1.807, 2.05) is 0 Å². The molecule has 0 atom stereocenters. The largest absolute Gasteiger partial charge is 0.465 e. The van der Waals surface area contributed by atoms with Gasteiger partial charge in [-0.3, -0.25) is 4.57 Å². The molecule has 0 aliphatic rings. The summed E-state index contributed by atoms with van der Waals surface area (Å²) >= 11 is 0. The molecule has 0 aromatic carbocycles. The molecule has 1 aromatic rings. The molecular formula is C12H17NO4. The summed E-state index contributed by atoms with van der Waals surface area (Å²) in [4.78, 5) is 23.2. The average molecular weight is 239 g/mol. The summed E-state index contributed by atoms with van der Waals surface area (Å²) in [6.07, 6.45) is 0.987. The summed E-state index contributed by atoms with van der Waals surface area (Å²) in [7, 11) is 1.30. The normalized spacial score (nSPS) is 11.1. The van der Waals surface area contributed by atoms with Gasteiger partial charge in [0.25, 0.3) is 0 Å². The lowest BCUT2D eigenvalue weighted by atomic mass is 10.2. The van der Waals surface area contributed by atoms with Crippen LogP contribution in [0.25, 0.3) is 0 Å². The molecule has 0 spiro atoms. The first-order valence-corrected chi connectivity index (χ1v) is 5.26. The van der Waals surface area contributed by atoms with E-state index in [0.29, 0.717) is 11.3 Å². The van der Waals surface area contributed by atoms with E-state index < -0.39 is 17.7 Å². The van der Waals surface area contributed by atoms with Gasteiger partial charge in [0.1, 0.15) is 5.60 Å². The molecule has 5 heteroatoms. The molecular weight excluding hydrogens is 222 g/mol. The number of nitrogens with zero attached hydrogens (tertiary/aromatic N) is 1. The molecule has 0 radical (unpaired) electrons. The lowest BCUT2D eigenvalue weighted by molar-refractivity contribution is 0.0534. The van der Waals surface area contributed by atoms with Gasteiger partial charge in [-0.1, -0.05) is 0 Å². The van der Waals surface area contributed by atoms with Crippen LogP contribution in [0.4, 0.5) is 4.79 Å². The number of carbonyl (C=O) groups excluding carboxylic acids is 2. The Labute approximate surface area is 100 Å². The third-order valence-electron chi connectivity index (χ3n) is 2.14. The zero-order valence-corrected chi connectivity index (χ0v) is 10.7. The third-order valence-corrected chi connectivity index (χ3v) is 2.14. The Morgan fingerprint density at radius 2 is 1.88 bits per heavy atom. The summed E-state index contributed by atoms with van der Waals surface area (Å²) < 4.78 is 11.1. The predicted octanol–water partition coefficient (Wildman–Crippen LogP) is 2.37. The van der Waals surface area contributed by atoms with Crippen LogP contribution in [-0.2, 0) is 9.47 Å². The lowest BCUT2D eigenvalue weighted by Crippen LogP contribution is -2.27. The van der Waals surface area contributed by atoms with Crippen molar-refractivity contribution in [3.8, 4) is 0 Å². The van der Waals surface area contributed by atoms with Gasteiger partial charge in [0.2, 0.25) is 0 Å². The van der Waals surface area contributed by atoms with Crippen LogP contribution >= 0.6 is 0 Å². The van der Waals surface area contributed by atoms with E-state index in [-0.39, 0.29) is 0 Å². The van der Waals surface area contributed by atoms with Crippen LogP contribution in [0.5, 0.6) is 0 Å². The number of carbonyl (C=O) groups is 2. The van der Waals surface area contributed by atoms with E-state index in [4.69, 9.17) is 4.74 Å². The van der Waals surface area contributed by atoms with Crippen LogP contribution < -0.4 is 0 Å². The Kier molecular flexibility index (Phi) is 3.60. The Morgan fingerprint density at radius 1 is 1.29 bits per heavy atom. The highest BCUT2D eigenvalue weighted by Crippen LogP contribution is 2.15. The van der Waals surface area contributed by atoms with Gasteiger partial charge in [-0.15, -0.1) is 0 Å². The van der Waals surface area contributed by atoms with Crippen LogP contribution in [0.3, 0.4) is 0 Å². The summed E-state index contributed by atoms with van der Waals surface area (Å²) in [5.41, 5.74) is 0.295. The fourth-order valence-electron chi connectivity index (χ4n) is 1.35. The molecule has 1 aromatic heterocycles. The maximum absolute atomic E-state index is 11.8. The fourth-order valence-corrected chi connectivity index (χ4v) is 1.35. The maximum atomic E-state index is 11.8. The van der Waals surface area contributed by atoms with Gasteiger partial charge in [0.05, 0.1) is 12.7 Å². The second-order valence-corrected chi connectivity index (χ2v) is 4.66. The van der Waals surface area contributed by atoms with E-state index in [9.17, 15) is 9.59 Å². The Balaban J connectivity index is 2.97. The first kappa shape index (κ1) is 13.3. The third kappa shape index (κ3) is 3.09. The lowest BCUT2D eigenvalue weighted by Gasteiger charge is -2.20. The highest BCUT2D eigenvalue weighted by molar-refractivity contribution is 5.92. The van der Waals surface area contributed by atoms with Gasteiger partial charge in [-0.05, 0) is 33.8 Å². The van der Waals surface area contributed by atoms with Crippen LogP contribution in [0.2, 0.25) is 0 Å². The second-order valence-electron chi connectivity index (χ2n) is 4.66. The number of aromatic nitrogens is 1. The number of ether oxygens (including phenoxy) is 2. The fraction of sp³-hybridized carbons (Fsp3) is 0.500. The molecule has 94 valence electrons. The molecule has 1 heterocycles. The zero-order chi connectivity index (χ0) is 13.2. The highest BCUT2D eigenvalue weighted by Gasteiger charge is 2.21. The van der Waals surface area contributed by atoms with E-state index in [0.717, 1.165) is 0 Å². The minimum Gasteiger partial charge on any atom is -0.465 e. The van der Waals surface area contributed by atoms with Crippen molar-refractivity contribution in [3.63, 3.8) is 0 Å². The molecule has 0 saturated carbocycles. The monoisotopic (exact) mass is 239 g/mol.